The molecule has 0 atom stereocenters. The van der Waals surface area contributed by atoms with Crippen molar-refractivity contribution in [3.8, 4) is 0 Å². The van der Waals surface area contributed by atoms with Crippen molar-refractivity contribution >= 4 is 29.0 Å². The summed E-state index contributed by atoms with van der Waals surface area (Å²) in [6.45, 7) is 6.77. The van der Waals surface area contributed by atoms with E-state index in [1.165, 1.54) is 0 Å². The minimum Gasteiger partial charge on any atom is -0.322 e. The first-order valence-corrected chi connectivity index (χ1v) is 12.3. The summed E-state index contributed by atoms with van der Waals surface area (Å²) in [4.78, 5) is 38.9. The molecular formula is C30H30N4O3. The van der Waals surface area contributed by atoms with Gasteiger partial charge in [0, 0.05) is 28.9 Å². The van der Waals surface area contributed by atoms with Crippen LogP contribution in [0.15, 0.2) is 78.9 Å². The average Bonchev–Trinajstić information content (AvgIpc) is 3.19. The summed E-state index contributed by atoms with van der Waals surface area (Å²) in [5, 5.41) is 10.3. The van der Waals surface area contributed by atoms with Crippen molar-refractivity contribution in [1.29, 1.82) is 0 Å². The van der Waals surface area contributed by atoms with E-state index in [0.29, 0.717) is 22.4 Å². The summed E-state index contributed by atoms with van der Waals surface area (Å²) in [6.07, 6.45) is 2.09. The number of unbranched alkanes of at least 4 members (excludes halogenated alkanes) is 1. The van der Waals surface area contributed by atoms with Gasteiger partial charge in [-0.25, -0.2) is 0 Å². The molecule has 4 rings (SSSR count). The highest BCUT2D eigenvalue weighted by Gasteiger charge is 2.19. The Morgan fingerprint density at radius 3 is 2.08 bits per heavy atom. The number of carbonyl (C=O) groups is 3. The lowest BCUT2D eigenvalue weighted by Gasteiger charge is -2.11. The molecule has 188 valence electrons. The summed E-state index contributed by atoms with van der Waals surface area (Å²) < 4.78 is 1.92. The van der Waals surface area contributed by atoms with Crippen molar-refractivity contribution in [3.63, 3.8) is 0 Å². The van der Waals surface area contributed by atoms with Crippen LogP contribution in [0.5, 0.6) is 0 Å². The number of nitrogens with one attached hydrogen (secondary N) is 2. The minimum atomic E-state index is -0.400. The maximum Gasteiger partial charge on any atom is 0.256 e. The Balaban J connectivity index is 1.45. The summed E-state index contributed by atoms with van der Waals surface area (Å²) in [7, 11) is 0. The molecular weight excluding hydrogens is 464 g/mol. The Morgan fingerprint density at radius 2 is 1.41 bits per heavy atom. The number of aromatic nitrogens is 2. The molecule has 0 bridgehead atoms. The number of aryl methyl sites for hydroxylation is 2. The number of hydrogen-bond acceptors (Lipinski definition) is 4. The number of carbonyl (C=O) groups excluding carboxylic acids is 3. The van der Waals surface area contributed by atoms with Gasteiger partial charge in [-0.1, -0.05) is 61.9 Å². The van der Waals surface area contributed by atoms with Crippen LogP contribution in [-0.4, -0.2) is 27.4 Å². The Bertz CT molecular complexity index is 1420. The molecule has 0 aliphatic heterocycles. The van der Waals surface area contributed by atoms with E-state index >= 15 is 0 Å². The average molecular weight is 495 g/mol. The van der Waals surface area contributed by atoms with Crippen LogP contribution in [-0.2, 0) is 6.54 Å². The molecule has 2 amide bonds. The van der Waals surface area contributed by atoms with Gasteiger partial charge < -0.3 is 10.6 Å². The van der Waals surface area contributed by atoms with E-state index in [4.69, 9.17) is 0 Å². The topological polar surface area (TPSA) is 93.1 Å². The number of rotatable bonds is 9. The van der Waals surface area contributed by atoms with Gasteiger partial charge in [0.25, 0.3) is 11.8 Å². The molecule has 7 nitrogen and oxygen atoms in total. The van der Waals surface area contributed by atoms with Gasteiger partial charge in [-0.2, -0.15) is 5.10 Å². The Morgan fingerprint density at radius 1 is 0.757 bits per heavy atom. The predicted octanol–water partition coefficient (Wildman–Crippen LogP) is 6.04. The molecule has 0 saturated carbocycles. The van der Waals surface area contributed by atoms with Crippen LogP contribution in [0.1, 0.15) is 67.8 Å². The van der Waals surface area contributed by atoms with Crippen molar-refractivity contribution in [2.24, 2.45) is 0 Å². The molecule has 2 N–H and O–H groups in total. The molecule has 0 unspecified atom stereocenters. The normalized spacial score (nSPS) is 10.7. The van der Waals surface area contributed by atoms with E-state index in [9.17, 15) is 14.4 Å². The zero-order valence-corrected chi connectivity index (χ0v) is 21.2. The first-order chi connectivity index (χ1) is 17.9. The number of hydrogen-bond donors (Lipinski definition) is 2. The van der Waals surface area contributed by atoms with E-state index in [1.807, 2.05) is 24.6 Å². The second-order valence-corrected chi connectivity index (χ2v) is 8.85. The fourth-order valence-electron chi connectivity index (χ4n) is 4.12. The maximum atomic E-state index is 13.0. The van der Waals surface area contributed by atoms with Gasteiger partial charge >= 0.3 is 0 Å². The van der Waals surface area contributed by atoms with Gasteiger partial charge in [0.2, 0.25) is 0 Å². The maximum absolute atomic E-state index is 13.0. The zero-order valence-electron chi connectivity index (χ0n) is 21.2. The van der Waals surface area contributed by atoms with Gasteiger partial charge in [0.05, 0.1) is 22.6 Å². The van der Waals surface area contributed by atoms with Gasteiger partial charge in [0.1, 0.15) is 0 Å². The molecule has 0 fully saturated rings. The molecule has 0 aliphatic rings. The van der Waals surface area contributed by atoms with Gasteiger partial charge in [0.15, 0.2) is 5.78 Å². The number of anilines is 2. The largest absolute Gasteiger partial charge is 0.322 e. The van der Waals surface area contributed by atoms with Crippen LogP contribution >= 0.6 is 0 Å². The van der Waals surface area contributed by atoms with E-state index in [-0.39, 0.29) is 17.3 Å². The van der Waals surface area contributed by atoms with Crippen molar-refractivity contribution in [1.82, 2.24) is 9.78 Å². The lowest BCUT2D eigenvalue weighted by Crippen LogP contribution is -2.17. The Hall–Kier alpha value is -4.52. The quantitative estimate of drug-likeness (QED) is 0.278. The molecule has 3 aromatic carbocycles. The third-order valence-corrected chi connectivity index (χ3v) is 6.20. The van der Waals surface area contributed by atoms with Crippen molar-refractivity contribution in [3.05, 3.63) is 113 Å². The molecule has 1 aromatic heterocycles. The van der Waals surface area contributed by atoms with E-state index < -0.39 is 5.91 Å². The van der Waals surface area contributed by atoms with Crippen molar-refractivity contribution in [2.45, 2.75) is 40.2 Å². The fraction of sp³-hybridized carbons (Fsp3) is 0.200. The Labute approximate surface area is 216 Å². The highest BCUT2D eigenvalue weighted by Crippen LogP contribution is 2.22. The molecule has 4 aromatic rings. The summed E-state index contributed by atoms with van der Waals surface area (Å²) in [6, 6.07) is 22.2. The summed E-state index contributed by atoms with van der Waals surface area (Å²) in [5.74, 6) is -0.872. The smallest absolute Gasteiger partial charge is 0.256 e. The van der Waals surface area contributed by atoms with E-state index in [0.717, 1.165) is 36.5 Å². The highest BCUT2D eigenvalue weighted by atomic mass is 16.2. The third-order valence-electron chi connectivity index (χ3n) is 6.20. The first kappa shape index (κ1) is 25.6. The summed E-state index contributed by atoms with van der Waals surface area (Å²) >= 11 is 0. The van der Waals surface area contributed by atoms with Crippen LogP contribution in [0.25, 0.3) is 0 Å². The molecule has 37 heavy (non-hydrogen) atoms. The standard InChI is InChI=1S/C30H30N4O3/c1-4-5-19-34-21(3)27(20(2)33-34)32-29(36)23-15-17-24(18-16-23)31-30(37)26-14-10-9-13-25(26)28(35)22-11-7-6-8-12-22/h6-18H,4-5,19H2,1-3H3,(H,31,37)(H,32,36). The lowest BCUT2D eigenvalue weighted by atomic mass is 9.98. The van der Waals surface area contributed by atoms with Gasteiger partial charge in [-0.15, -0.1) is 0 Å². The molecule has 7 heteroatoms. The van der Waals surface area contributed by atoms with Crippen LogP contribution < -0.4 is 10.6 Å². The number of benzene rings is 3. The highest BCUT2D eigenvalue weighted by molar-refractivity contribution is 6.17. The van der Waals surface area contributed by atoms with Crippen LogP contribution in [0.2, 0.25) is 0 Å². The summed E-state index contributed by atoms with van der Waals surface area (Å²) in [5.41, 5.74) is 4.51. The van der Waals surface area contributed by atoms with Crippen LogP contribution in [0.3, 0.4) is 0 Å². The van der Waals surface area contributed by atoms with E-state index in [2.05, 4.69) is 22.7 Å². The zero-order chi connectivity index (χ0) is 26.4. The SMILES string of the molecule is CCCCn1nc(C)c(NC(=O)c2ccc(NC(=O)c3ccccc3C(=O)c3ccccc3)cc2)c1C. The van der Waals surface area contributed by atoms with Gasteiger partial charge in [-0.05, 0) is 50.6 Å². The monoisotopic (exact) mass is 494 g/mol. The second kappa shape index (κ2) is 11.5. The second-order valence-electron chi connectivity index (χ2n) is 8.85. The van der Waals surface area contributed by atoms with Crippen molar-refractivity contribution in [2.75, 3.05) is 10.6 Å². The molecule has 1 heterocycles. The molecule has 0 spiro atoms. The van der Waals surface area contributed by atoms with Crippen molar-refractivity contribution < 1.29 is 14.4 Å². The third kappa shape index (κ3) is 5.83. The molecule has 0 radical (unpaired) electrons. The number of nitrogens with zero attached hydrogens (tertiary/aromatic N) is 2. The number of amides is 2. The molecule has 0 saturated heterocycles. The van der Waals surface area contributed by atoms with Gasteiger partial charge in [-0.3, -0.25) is 19.1 Å². The predicted molar refractivity (Wildman–Crippen MR) is 145 cm³/mol. The Kier molecular flexibility index (Phi) is 7.93. The first-order valence-electron chi connectivity index (χ1n) is 12.3. The minimum absolute atomic E-state index is 0.220. The number of ketones is 1. The van der Waals surface area contributed by atoms with E-state index in [1.54, 1.807) is 72.8 Å². The lowest BCUT2D eigenvalue weighted by molar-refractivity contribution is 0.0996. The van der Waals surface area contributed by atoms with Crippen LogP contribution in [0.4, 0.5) is 11.4 Å². The fourth-order valence-corrected chi connectivity index (χ4v) is 4.12. The van der Waals surface area contributed by atoms with Crippen LogP contribution in [0, 0.1) is 13.8 Å². The molecule has 0 aliphatic carbocycles.